The number of carbonyl (C=O) groups is 1. The molecular formula is C15H29NO2. The van der Waals surface area contributed by atoms with E-state index in [4.69, 9.17) is 4.74 Å². The Balaban J connectivity index is 2.56. The zero-order valence-corrected chi connectivity index (χ0v) is 13.0. The molecule has 0 spiro atoms. The Morgan fingerprint density at radius 2 is 1.89 bits per heavy atom. The van der Waals surface area contributed by atoms with Gasteiger partial charge in [0.2, 0.25) is 0 Å². The lowest BCUT2D eigenvalue weighted by Crippen LogP contribution is -2.44. The van der Waals surface area contributed by atoms with Gasteiger partial charge in [0.15, 0.2) is 0 Å². The lowest BCUT2D eigenvalue weighted by atomic mass is 9.66. The van der Waals surface area contributed by atoms with Crippen LogP contribution in [0, 0.1) is 16.7 Å². The van der Waals surface area contributed by atoms with Crippen molar-refractivity contribution in [3.63, 3.8) is 0 Å². The summed E-state index contributed by atoms with van der Waals surface area (Å²) >= 11 is 0. The van der Waals surface area contributed by atoms with E-state index in [1.165, 1.54) is 6.42 Å². The second kappa shape index (κ2) is 4.75. The Morgan fingerprint density at radius 3 is 2.28 bits per heavy atom. The molecule has 3 heteroatoms. The molecule has 0 aromatic heterocycles. The highest BCUT2D eigenvalue weighted by molar-refractivity contribution is 5.67. The summed E-state index contributed by atoms with van der Waals surface area (Å²) in [6, 6.07) is 0. The van der Waals surface area contributed by atoms with Gasteiger partial charge in [-0.15, -0.1) is 0 Å². The van der Waals surface area contributed by atoms with Gasteiger partial charge in [-0.2, -0.15) is 0 Å². The Morgan fingerprint density at radius 1 is 1.33 bits per heavy atom. The number of amides is 1. The molecule has 1 rings (SSSR count). The van der Waals surface area contributed by atoms with E-state index in [1.54, 1.807) is 0 Å². The third-order valence-corrected chi connectivity index (χ3v) is 4.94. The first-order valence-electron chi connectivity index (χ1n) is 6.95. The van der Waals surface area contributed by atoms with Crippen molar-refractivity contribution in [2.75, 3.05) is 6.54 Å². The van der Waals surface area contributed by atoms with Crippen molar-refractivity contribution in [1.82, 2.24) is 5.32 Å². The van der Waals surface area contributed by atoms with Gasteiger partial charge in [0, 0.05) is 6.54 Å². The molecule has 0 bridgehead atoms. The Hall–Kier alpha value is -0.730. The maximum Gasteiger partial charge on any atom is 0.407 e. The summed E-state index contributed by atoms with van der Waals surface area (Å²) < 4.78 is 5.29. The molecule has 2 unspecified atom stereocenters. The van der Waals surface area contributed by atoms with E-state index in [9.17, 15) is 4.79 Å². The summed E-state index contributed by atoms with van der Waals surface area (Å²) in [5.41, 5.74) is -0.0190. The average molecular weight is 255 g/mol. The number of hydrogen-bond donors (Lipinski definition) is 1. The number of hydrogen-bond acceptors (Lipinski definition) is 2. The van der Waals surface area contributed by atoms with Crippen LogP contribution in [0.2, 0.25) is 0 Å². The topological polar surface area (TPSA) is 38.3 Å². The van der Waals surface area contributed by atoms with Crippen molar-refractivity contribution in [2.24, 2.45) is 16.7 Å². The molecule has 0 aliphatic heterocycles. The normalized spacial score (nSPS) is 31.2. The number of carbonyl (C=O) groups excluding carboxylic acids is 1. The van der Waals surface area contributed by atoms with E-state index < -0.39 is 5.60 Å². The standard InChI is InChI=1S/C15H29NO2/c1-11-8-9-15(7,14(11,5)6)10-16-12(17)18-13(2,3)4/h11H,8-10H2,1-7H3,(H,16,17). The van der Waals surface area contributed by atoms with Gasteiger partial charge in [-0.25, -0.2) is 4.79 Å². The van der Waals surface area contributed by atoms with Crippen LogP contribution in [0.4, 0.5) is 4.79 Å². The summed E-state index contributed by atoms with van der Waals surface area (Å²) in [6.45, 7) is 15.5. The fraction of sp³-hybridized carbons (Fsp3) is 0.933. The van der Waals surface area contributed by atoms with Crippen LogP contribution in [-0.2, 0) is 4.74 Å². The molecule has 3 nitrogen and oxygen atoms in total. The van der Waals surface area contributed by atoms with Gasteiger partial charge in [0.1, 0.15) is 5.60 Å². The minimum atomic E-state index is -0.427. The summed E-state index contributed by atoms with van der Waals surface area (Å²) in [6.07, 6.45) is 2.09. The van der Waals surface area contributed by atoms with Crippen LogP contribution in [0.3, 0.4) is 0 Å². The highest BCUT2D eigenvalue weighted by atomic mass is 16.6. The van der Waals surface area contributed by atoms with E-state index in [0.29, 0.717) is 12.5 Å². The highest BCUT2D eigenvalue weighted by Gasteiger charge is 2.49. The van der Waals surface area contributed by atoms with Gasteiger partial charge in [0.05, 0.1) is 0 Å². The molecule has 1 saturated carbocycles. The van der Waals surface area contributed by atoms with Gasteiger partial charge in [-0.05, 0) is 50.4 Å². The van der Waals surface area contributed by atoms with E-state index in [0.717, 1.165) is 6.42 Å². The quantitative estimate of drug-likeness (QED) is 0.810. The summed E-state index contributed by atoms with van der Waals surface area (Å²) in [5.74, 6) is 0.697. The first-order chi connectivity index (χ1) is 7.98. The molecule has 1 amide bonds. The average Bonchev–Trinajstić information content (AvgIpc) is 2.38. The minimum absolute atomic E-state index is 0.156. The summed E-state index contributed by atoms with van der Waals surface area (Å²) in [4.78, 5) is 11.7. The molecule has 106 valence electrons. The molecule has 1 fully saturated rings. The van der Waals surface area contributed by atoms with Gasteiger partial charge in [-0.3, -0.25) is 0 Å². The zero-order chi connectivity index (χ0) is 14.2. The first kappa shape index (κ1) is 15.3. The van der Waals surface area contributed by atoms with Crippen LogP contribution in [0.25, 0.3) is 0 Å². The monoisotopic (exact) mass is 255 g/mol. The molecule has 18 heavy (non-hydrogen) atoms. The second-order valence-electron chi connectivity index (χ2n) is 7.58. The lowest BCUT2D eigenvalue weighted by Gasteiger charge is -2.41. The van der Waals surface area contributed by atoms with Crippen LogP contribution in [0.1, 0.15) is 61.3 Å². The number of nitrogens with one attached hydrogen (secondary N) is 1. The van der Waals surface area contributed by atoms with E-state index >= 15 is 0 Å². The molecule has 0 radical (unpaired) electrons. The third kappa shape index (κ3) is 3.18. The molecular weight excluding hydrogens is 226 g/mol. The van der Waals surface area contributed by atoms with Crippen LogP contribution in [-0.4, -0.2) is 18.2 Å². The van der Waals surface area contributed by atoms with Crippen LogP contribution in [0.15, 0.2) is 0 Å². The van der Waals surface area contributed by atoms with Crippen molar-refractivity contribution >= 4 is 6.09 Å². The predicted octanol–water partition coefficient (Wildman–Crippen LogP) is 3.97. The van der Waals surface area contributed by atoms with Crippen molar-refractivity contribution in [1.29, 1.82) is 0 Å². The van der Waals surface area contributed by atoms with E-state index in [1.807, 2.05) is 20.8 Å². The molecule has 1 N–H and O–H groups in total. The number of ether oxygens (including phenoxy) is 1. The number of rotatable bonds is 2. The maximum absolute atomic E-state index is 11.7. The van der Waals surface area contributed by atoms with Crippen LogP contribution < -0.4 is 5.32 Å². The van der Waals surface area contributed by atoms with E-state index in [-0.39, 0.29) is 16.9 Å². The Kier molecular flexibility index (Phi) is 4.04. The smallest absolute Gasteiger partial charge is 0.407 e. The molecule has 1 aliphatic rings. The van der Waals surface area contributed by atoms with Crippen molar-refractivity contribution in [3.8, 4) is 0 Å². The number of alkyl carbamates (subject to hydrolysis) is 1. The SMILES string of the molecule is CC1CCC(C)(CNC(=O)OC(C)(C)C)C1(C)C. The Bertz CT molecular complexity index is 317. The molecule has 0 aromatic carbocycles. The van der Waals surface area contributed by atoms with Crippen molar-refractivity contribution in [3.05, 3.63) is 0 Å². The van der Waals surface area contributed by atoms with Gasteiger partial charge in [-0.1, -0.05) is 27.7 Å². The first-order valence-corrected chi connectivity index (χ1v) is 6.95. The Labute approximate surface area is 112 Å². The van der Waals surface area contributed by atoms with Gasteiger partial charge < -0.3 is 10.1 Å². The predicted molar refractivity (Wildman–Crippen MR) is 74.5 cm³/mol. The van der Waals surface area contributed by atoms with Crippen LogP contribution >= 0.6 is 0 Å². The largest absolute Gasteiger partial charge is 0.444 e. The van der Waals surface area contributed by atoms with Gasteiger partial charge in [0.25, 0.3) is 0 Å². The van der Waals surface area contributed by atoms with E-state index in [2.05, 4.69) is 33.0 Å². The molecule has 0 saturated heterocycles. The highest BCUT2D eigenvalue weighted by Crippen LogP contribution is 2.55. The lowest BCUT2D eigenvalue weighted by molar-refractivity contribution is 0.0428. The fourth-order valence-electron chi connectivity index (χ4n) is 2.71. The third-order valence-electron chi connectivity index (χ3n) is 4.94. The summed E-state index contributed by atoms with van der Waals surface area (Å²) in [7, 11) is 0. The molecule has 1 aliphatic carbocycles. The van der Waals surface area contributed by atoms with Gasteiger partial charge >= 0.3 is 6.09 Å². The van der Waals surface area contributed by atoms with Crippen molar-refractivity contribution in [2.45, 2.75) is 66.9 Å². The second-order valence-corrected chi connectivity index (χ2v) is 7.58. The molecule has 2 atom stereocenters. The fourth-order valence-corrected chi connectivity index (χ4v) is 2.71. The summed E-state index contributed by atoms with van der Waals surface area (Å²) in [5, 5.41) is 2.94. The zero-order valence-electron chi connectivity index (χ0n) is 13.0. The maximum atomic E-state index is 11.7. The van der Waals surface area contributed by atoms with Crippen molar-refractivity contribution < 1.29 is 9.53 Å². The molecule has 0 aromatic rings. The minimum Gasteiger partial charge on any atom is -0.444 e. The molecule has 0 heterocycles. The van der Waals surface area contributed by atoms with Crippen LogP contribution in [0.5, 0.6) is 0 Å².